The van der Waals surface area contributed by atoms with Crippen LogP contribution in [0, 0.1) is 0 Å². The number of esters is 1. The Morgan fingerprint density at radius 2 is 1.38 bits per heavy atom. The summed E-state index contributed by atoms with van der Waals surface area (Å²) in [5.74, 6) is -8.24. The van der Waals surface area contributed by atoms with Gasteiger partial charge < -0.3 is 41.2 Å². The lowest BCUT2D eigenvalue weighted by atomic mass is 9.81. The number of alkyl carbamates (subject to hydrolysis) is 1. The van der Waals surface area contributed by atoms with E-state index in [1.165, 1.54) is 36.4 Å². The molecular weight excluding hydrogens is 685 g/mol. The second-order valence-corrected chi connectivity index (χ2v) is 12.8. The van der Waals surface area contributed by atoms with E-state index in [4.69, 9.17) is 17.3 Å². The highest BCUT2D eigenvalue weighted by molar-refractivity contribution is 6.29. The molecule has 53 heavy (non-hydrogen) atoms. The van der Waals surface area contributed by atoms with Crippen molar-refractivity contribution in [3.8, 4) is 5.75 Å². The van der Waals surface area contributed by atoms with E-state index in [1.807, 2.05) is 0 Å². The predicted molar refractivity (Wildman–Crippen MR) is 195 cm³/mol. The minimum Gasteiger partial charge on any atom is -0.508 e. The molecule has 0 aliphatic carbocycles. The number of hydrogen-bond donors (Lipinski definition) is 6. The summed E-state index contributed by atoms with van der Waals surface area (Å²) >= 11 is 0. The molecule has 0 saturated heterocycles. The number of phenols is 1. The summed E-state index contributed by atoms with van der Waals surface area (Å²) in [5.41, 5.74) is -0.0438. The van der Waals surface area contributed by atoms with Crippen LogP contribution >= 0.6 is 0 Å². The zero-order valence-electron chi connectivity index (χ0n) is 30.2. The van der Waals surface area contributed by atoms with Crippen molar-refractivity contribution in [3.63, 3.8) is 0 Å². The number of hydrogen-bond acceptors (Lipinski definition) is 10. The van der Waals surface area contributed by atoms with Crippen LogP contribution < -0.4 is 26.6 Å². The molecule has 16 heteroatoms. The van der Waals surface area contributed by atoms with Crippen molar-refractivity contribution in [2.24, 2.45) is 0 Å². The summed E-state index contributed by atoms with van der Waals surface area (Å²) in [6, 6.07) is 10.2. The van der Waals surface area contributed by atoms with Gasteiger partial charge in [0.2, 0.25) is 23.6 Å². The van der Waals surface area contributed by atoms with E-state index in [9.17, 15) is 38.7 Å². The Morgan fingerprint density at radius 1 is 0.792 bits per heavy atom. The number of ketones is 1. The third kappa shape index (κ3) is 14.7. The molecule has 2 aromatic rings. The maximum Gasteiger partial charge on any atom is 0.408 e. The van der Waals surface area contributed by atoms with Crippen LogP contribution in [0.3, 0.4) is 0 Å². The minimum absolute atomic E-state index is 0.00136. The summed E-state index contributed by atoms with van der Waals surface area (Å²) in [6.45, 7) is 11.4. The second-order valence-electron chi connectivity index (χ2n) is 12.8. The first-order valence-corrected chi connectivity index (χ1v) is 16.6. The summed E-state index contributed by atoms with van der Waals surface area (Å²) in [7, 11) is 7.16. The minimum atomic E-state index is -1.71. The van der Waals surface area contributed by atoms with Gasteiger partial charge in [-0.25, -0.2) is 9.59 Å². The fourth-order valence-corrected chi connectivity index (χ4v) is 4.83. The fraction of sp³-hybridized carbons (Fsp3) is 0.378. The van der Waals surface area contributed by atoms with E-state index in [0.29, 0.717) is 5.56 Å². The zero-order chi connectivity index (χ0) is 39.7. The maximum absolute atomic E-state index is 13.5. The lowest BCUT2D eigenvalue weighted by Crippen LogP contribution is -2.56. The van der Waals surface area contributed by atoms with Gasteiger partial charge in [0, 0.05) is 12.4 Å². The molecule has 2 aromatic carbocycles. The van der Waals surface area contributed by atoms with Gasteiger partial charge >= 0.3 is 12.1 Å². The Bertz CT molecular complexity index is 1630. The normalized spacial score (nSPS) is 13.7. The first-order chi connectivity index (χ1) is 25.0. The highest BCUT2D eigenvalue weighted by atomic mass is 16.6. The molecule has 0 fully saturated rings. The van der Waals surface area contributed by atoms with Gasteiger partial charge in [-0.05, 0) is 56.9 Å². The number of rotatable bonds is 19. The third-order valence-electron chi connectivity index (χ3n) is 7.35. The van der Waals surface area contributed by atoms with Gasteiger partial charge in [-0.3, -0.25) is 24.0 Å². The number of methoxy groups -OCH3 is 1. The van der Waals surface area contributed by atoms with Crippen molar-refractivity contribution in [3.05, 3.63) is 91.0 Å². The summed E-state index contributed by atoms with van der Waals surface area (Å²) in [6.07, 6.45) is 1.80. The third-order valence-corrected chi connectivity index (χ3v) is 7.35. The van der Waals surface area contributed by atoms with Crippen molar-refractivity contribution >= 4 is 49.3 Å². The highest BCUT2D eigenvalue weighted by Gasteiger charge is 2.35. The molecule has 0 aromatic heterocycles. The van der Waals surface area contributed by atoms with E-state index < -0.39 is 83.6 Å². The lowest BCUT2D eigenvalue weighted by molar-refractivity contribution is -0.145. The Kier molecular flexibility index (Phi) is 17.0. The van der Waals surface area contributed by atoms with Crippen LogP contribution in [0.1, 0.15) is 50.7 Å². The molecule has 0 bridgehead atoms. The number of amides is 5. The topological polar surface area (TPSA) is 218 Å². The van der Waals surface area contributed by atoms with Crippen molar-refractivity contribution < 1.29 is 48.1 Å². The number of benzene rings is 2. The predicted octanol–water partition coefficient (Wildman–Crippen LogP) is 1.20. The standard InChI is InChI=1S/C37H46BN5O10/c1-7-12-25(40-33(48)27(42-36(51)53-37(3,4)5)20-22-16-18-24(44)19-17-22)32(47)39-21-28(45)43-31(38)30(46)29(23-14-10-9-11-15-23)34(49)41-26(13-8-2)35(50)52-6/h7-11,14-19,25-27,29,31,44H,1-2,12-13,20-21H2,3-6H3,(H,39,47)(H,40,48)(H,41,49)(H,42,51)(H,43,45)/t25-,26-,27+,29?,31-/m1/s1. The Labute approximate surface area is 309 Å². The monoisotopic (exact) mass is 731 g/mol. The second kappa shape index (κ2) is 20.8. The van der Waals surface area contributed by atoms with E-state index >= 15 is 0 Å². The summed E-state index contributed by atoms with van der Waals surface area (Å²) in [4.78, 5) is 91.0. The van der Waals surface area contributed by atoms with Gasteiger partial charge in [-0.2, -0.15) is 0 Å². The summed E-state index contributed by atoms with van der Waals surface area (Å²) in [5, 5.41) is 21.8. The number of phenolic OH excluding ortho intramolecular Hbond substituents is 1. The van der Waals surface area contributed by atoms with E-state index in [2.05, 4.69) is 39.7 Å². The molecule has 0 spiro atoms. The molecule has 2 radical (unpaired) electrons. The molecule has 0 heterocycles. The Balaban J connectivity index is 2.13. The molecule has 282 valence electrons. The number of carbonyl (C=O) groups excluding carboxylic acids is 7. The molecule has 0 aliphatic rings. The van der Waals surface area contributed by atoms with Crippen molar-refractivity contribution in [2.75, 3.05) is 13.7 Å². The Morgan fingerprint density at radius 3 is 1.94 bits per heavy atom. The molecule has 15 nitrogen and oxygen atoms in total. The summed E-state index contributed by atoms with van der Waals surface area (Å²) < 4.78 is 10.0. The molecular formula is C37H46BN5O10. The number of ether oxygens (including phenoxy) is 2. The van der Waals surface area contributed by atoms with Crippen molar-refractivity contribution in [1.82, 2.24) is 26.6 Å². The fourth-order valence-electron chi connectivity index (χ4n) is 4.83. The number of aromatic hydroxyl groups is 1. The molecule has 1 unspecified atom stereocenters. The average molecular weight is 732 g/mol. The van der Waals surface area contributed by atoms with Gasteiger partial charge in [-0.1, -0.05) is 54.6 Å². The van der Waals surface area contributed by atoms with Crippen molar-refractivity contribution in [1.29, 1.82) is 0 Å². The van der Waals surface area contributed by atoms with Gasteiger partial charge in [0.1, 0.15) is 43.2 Å². The van der Waals surface area contributed by atoms with Crippen LogP contribution in [0.5, 0.6) is 5.75 Å². The number of Topliss-reactive ketones (excluding diaryl/α,β-unsaturated/α-hetero) is 1. The van der Waals surface area contributed by atoms with E-state index in [1.54, 1.807) is 51.1 Å². The first kappa shape index (κ1) is 43.2. The molecule has 0 saturated carbocycles. The number of nitrogens with one attached hydrogen (secondary N) is 5. The van der Waals surface area contributed by atoms with Gasteiger partial charge in [0.25, 0.3) is 0 Å². The number of carbonyl (C=O) groups is 7. The average Bonchev–Trinajstić information content (AvgIpc) is 3.10. The van der Waals surface area contributed by atoms with Gasteiger partial charge in [-0.15, -0.1) is 13.2 Å². The quantitative estimate of drug-likeness (QED) is 0.0525. The smallest absolute Gasteiger partial charge is 0.408 e. The van der Waals surface area contributed by atoms with E-state index in [0.717, 1.165) is 7.11 Å². The zero-order valence-corrected chi connectivity index (χ0v) is 30.2. The van der Waals surface area contributed by atoms with Crippen LogP contribution in [0.2, 0.25) is 0 Å². The van der Waals surface area contributed by atoms with Gasteiger partial charge in [0.15, 0.2) is 5.78 Å². The van der Waals surface area contributed by atoms with Crippen LogP contribution in [-0.4, -0.2) is 97.7 Å². The van der Waals surface area contributed by atoms with Gasteiger partial charge in [0.05, 0.1) is 13.7 Å². The largest absolute Gasteiger partial charge is 0.508 e. The highest BCUT2D eigenvalue weighted by Crippen LogP contribution is 2.19. The SMILES string of the molecule is [B][C@H](NC(=O)CNC(=O)[C@@H](CC=C)NC(=O)[C@H](Cc1ccc(O)cc1)NC(=O)OC(C)(C)C)C(=O)C(C(=O)N[C@H](CC=C)C(=O)OC)c1ccccc1. The van der Waals surface area contributed by atoms with Crippen LogP contribution in [0.15, 0.2) is 79.9 Å². The van der Waals surface area contributed by atoms with Crippen LogP contribution in [-0.2, 0) is 44.7 Å². The van der Waals surface area contributed by atoms with Crippen LogP contribution in [0.25, 0.3) is 0 Å². The van der Waals surface area contributed by atoms with E-state index in [-0.39, 0.29) is 30.6 Å². The maximum atomic E-state index is 13.5. The first-order valence-electron chi connectivity index (χ1n) is 16.6. The van der Waals surface area contributed by atoms with Crippen LogP contribution in [0.4, 0.5) is 4.79 Å². The molecule has 5 atom stereocenters. The molecule has 0 aliphatic heterocycles. The Hall–Kier alpha value is -5.93. The molecule has 6 N–H and O–H groups in total. The molecule has 5 amide bonds. The lowest BCUT2D eigenvalue weighted by Gasteiger charge is -2.25. The van der Waals surface area contributed by atoms with Crippen molar-refractivity contribution in [2.45, 2.75) is 75.6 Å². The molecule has 2 rings (SSSR count).